The number of carbonyl (C=O) groups is 3. The largest absolute Gasteiger partial charge is 0.466 e. The molecule has 0 aromatic rings. The summed E-state index contributed by atoms with van der Waals surface area (Å²) < 4.78 is 12.4. The summed E-state index contributed by atoms with van der Waals surface area (Å²) in [5.74, 6) is -2.78. The second-order valence-corrected chi connectivity index (χ2v) is 5.47. The average molecular weight is 376 g/mol. The van der Waals surface area contributed by atoms with E-state index in [9.17, 15) is 14.4 Å². The molecule has 98 valence electrons. The Morgan fingerprint density at radius 2 is 1.59 bits per heavy atom. The summed E-state index contributed by atoms with van der Waals surface area (Å²) in [5.41, 5.74) is 0. The van der Waals surface area contributed by atoms with E-state index in [-0.39, 0.29) is 5.33 Å². The molecule has 1 atom stereocenters. The zero-order chi connectivity index (χ0) is 13.6. The molecule has 17 heavy (non-hydrogen) atoms. The molecular formula is C9H12Br2O6. The van der Waals surface area contributed by atoms with Gasteiger partial charge in [0.25, 0.3) is 6.10 Å². The first kappa shape index (κ1) is 16.4. The monoisotopic (exact) mass is 374 g/mol. The summed E-state index contributed by atoms with van der Waals surface area (Å²) >= 11 is 6.18. The summed E-state index contributed by atoms with van der Waals surface area (Å²) in [6, 6.07) is 0. The molecule has 0 aromatic carbocycles. The number of hydrogen-bond acceptors (Lipinski definition) is 6. The number of ether oxygens (including phenoxy) is 3. The van der Waals surface area contributed by atoms with Crippen molar-refractivity contribution in [1.29, 1.82) is 0 Å². The molecular weight excluding hydrogens is 364 g/mol. The molecule has 0 N–H and O–H groups in total. The highest BCUT2D eigenvalue weighted by Crippen LogP contribution is 2.22. The predicted octanol–water partition coefficient (Wildman–Crippen LogP) is 0.793. The summed E-state index contributed by atoms with van der Waals surface area (Å²) in [4.78, 5) is 34.1. The second kappa shape index (κ2) is 6.95. The van der Waals surface area contributed by atoms with E-state index < -0.39 is 28.3 Å². The molecule has 0 amide bonds. The van der Waals surface area contributed by atoms with Crippen molar-refractivity contribution in [1.82, 2.24) is 0 Å². The van der Waals surface area contributed by atoms with Gasteiger partial charge < -0.3 is 14.2 Å². The van der Waals surface area contributed by atoms with Crippen molar-refractivity contribution in [2.45, 2.75) is 17.4 Å². The maximum absolute atomic E-state index is 11.6. The Balaban J connectivity index is 4.83. The SMILES string of the molecule is COC(=O)C(OC(=O)C(C)(Br)CBr)C(=O)OC. The number of halogens is 2. The van der Waals surface area contributed by atoms with Gasteiger partial charge in [0.1, 0.15) is 4.32 Å². The summed E-state index contributed by atoms with van der Waals surface area (Å²) in [6.45, 7) is 1.52. The van der Waals surface area contributed by atoms with Crippen LogP contribution < -0.4 is 0 Å². The number of esters is 3. The van der Waals surface area contributed by atoms with Crippen LogP contribution in [0.25, 0.3) is 0 Å². The van der Waals surface area contributed by atoms with Crippen LogP contribution in [0.15, 0.2) is 0 Å². The molecule has 0 aromatic heterocycles. The Bertz CT molecular complexity index is 299. The summed E-state index contributed by atoms with van der Waals surface area (Å²) in [5, 5.41) is 0.244. The van der Waals surface area contributed by atoms with E-state index in [1.807, 2.05) is 0 Å². The Kier molecular flexibility index (Phi) is 6.69. The molecule has 6 nitrogen and oxygen atoms in total. The van der Waals surface area contributed by atoms with Crippen LogP contribution in [-0.4, -0.2) is 47.9 Å². The van der Waals surface area contributed by atoms with Crippen LogP contribution in [0.5, 0.6) is 0 Å². The third-order valence-corrected chi connectivity index (χ3v) is 4.21. The number of alkyl halides is 2. The zero-order valence-electron chi connectivity index (χ0n) is 9.49. The van der Waals surface area contributed by atoms with Gasteiger partial charge in [-0.2, -0.15) is 0 Å². The van der Waals surface area contributed by atoms with Crippen molar-refractivity contribution >= 4 is 49.8 Å². The molecule has 8 heteroatoms. The van der Waals surface area contributed by atoms with Gasteiger partial charge in [0, 0.05) is 5.33 Å². The quantitative estimate of drug-likeness (QED) is 0.306. The minimum atomic E-state index is -1.71. The van der Waals surface area contributed by atoms with Crippen molar-refractivity contribution < 1.29 is 28.6 Å². The predicted molar refractivity (Wildman–Crippen MR) is 65.0 cm³/mol. The van der Waals surface area contributed by atoms with Crippen LogP contribution in [0.3, 0.4) is 0 Å². The van der Waals surface area contributed by atoms with Crippen LogP contribution in [0, 0.1) is 0 Å². The van der Waals surface area contributed by atoms with Gasteiger partial charge in [-0.05, 0) is 6.92 Å². The van der Waals surface area contributed by atoms with Crippen LogP contribution in [0.1, 0.15) is 6.92 Å². The van der Waals surface area contributed by atoms with Gasteiger partial charge in [-0.25, -0.2) is 9.59 Å². The van der Waals surface area contributed by atoms with Gasteiger partial charge >= 0.3 is 17.9 Å². The third kappa shape index (κ3) is 4.63. The molecule has 0 spiro atoms. The fraction of sp³-hybridized carbons (Fsp3) is 0.667. The van der Waals surface area contributed by atoms with Crippen LogP contribution >= 0.6 is 31.9 Å². The lowest BCUT2D eigenvalue weighted by Gasteiger charge is -2.20. The van der Waals surface area contributed by atoms with E-state index in [4.69, 9.17) is 4.74 Å². The van der Waals surface area contributed by atoms with Gasteiger partial charge in [0.2, 0.25) is 0 Å². The standard InChI is InChI=1S/C9H12Br2O6/c1-9(11,4-10)8(14)17-5(6(12)15-2)7(13)16-3/h5H,4H2,1-3H3. The first-order valence-corrected chi connectivity index (χ1v) is 6.33. The summed E-state index contributed by atoms with van der Waals surface area (Å²) in [6.07, 6.45) is -1.71. The average Bonchev–Trinajstić information content (AvgIpc) is 2.33. The molecule has 0 saturated heterocycles. The topological polar surface area (TPSA) is 78.9 Å². The Morgan fingerprint density at radius 3 is 1.88 bits per heavy atom. The number of rotatable bonds is 5. The fourth-order valence-electron chi connectivity index (χ4n) is 0.691. The molecule has 1 unspecified atom stereocenters. The molecule has 0 radical (unpaired) electrons. The normalized spacial score (nSPS) is 13.8. The van der Waals surface area contributed by atoms with Gasteiger partial charge in [-0.3, -0.25) is 4.79 Å². The minimum Gasteiger partial charge on any atom is -0.466 e. The maximum Gasteiger partial charge on any atom is 0.359 e. The third-order valence-electron chi connectivity index (χ3n) is 1.73. The highest BCUT2D eigenvalue weighted by atomic mass is 79.9. The molecule has 0 aliphatic rings. The lowest BCUT2D eigenvalue weighted by molar-refractivity contribution is -0.178. The van der Waals surface area contributed by atoms with Gasteiger partial charge in [0.15, 0.2) is 0 Å². The van der Waals surface area contributed by atoms with Crippen molar-refractivity contribution in [3.05, 3.63) is 0 Å². The molecule has 0 rings (SSSR count). The smallest absolute Gasteiger partial charge is 0.359 e. The van der Waals surface area contributed by atoms with Crippen LogP contribution in [0.2, 0.25) is 0 Å². The van der Waals surface area contributed by atoms with E-state index in [2.05, 4.69) is 41.3 Å². The molecule has 0 bridgehead atoms. The number of hydrogen-bond donors (Lipinski definition) is 0. The van der Waals surface area contributed by atoms with E-state index in [0.717, 1.165) is 14.2 Å². The van der Waals surface area contributed by atoms with Gasteiger partial charge in [-0.15, -0.1) is 0 Å². The first-order valence-electron chi connectivity index (χ1n) is 4.41. The molecule has 0 saturated carbocycles. The highest BCUT2D eigenvalue weighted by molar-refractivity contribution is 9.12. The molecule has 0 heterocycles. The van der Waals surface area contributed by atoms with Gasteiger partial charge in [0.05, 0.1) is 14.2 Å². The van der Waals surface area contributed by atoms with E-state index in [1.54, 1.807) is 0 Å². The molecule has 0 aliphatic carbocycles. The van der Waals surface area contributed by atoms with Gasteiger partial charge in [-0.1, -0.05) is 31.9 Å². The lowest BCUT2D eigenvalue weighted by atomic mass is 10.2. The number of methoxy groups -OCH3 is 2. The van der Waals surface area contributed by atoms with Crippen molar-refractivity contribution in [2.24, 2.45) is 0 Å². The lowest BCUT2D eigenvalue weighted by Crippen LogP contribution is -2.42. The van der Waals surface area contributed by atoms with Crippen LogP contribution in [0.4, 0.5) is 0 Å². The molecule has 0 aliphatic heterocycles. The fourth-order valence-corrected chi connectivity index (χ4v) is 1.01. The Labute approximate surface area is 115 Å². The minimum absolute atomic E-state index is 0.244. The van der Waals surface area contributed by atoms with E-state index >= 15 is 0 Å². The highest BCUT2D eigenvalue weighted by Gasteiger charge is 2.39. The Hall–Kier alpha value is -0.630. The Morgan fingerprint density at radius 1 is 1.18 bits per heavy atom. The number of carbonyl (C=O) groups excluding carboxylic acids is 3. The zero-order valence-corrected chi connectivity index (χ0v) is 12.7. The maximum atomic E-state index is 11.6. The van der Waals surface area contributed by atoms with Crippen molar-refractivity contribution in [3.63, 3.8) is 0 Å². The van der Waals surface area contributed by atoms with Crippen LogP contribution in [-0.2, 0) is 28.6 Å². The van der Waals surface area contributed by atoms with E-state index in [1.165, 1.54) is 6.92 Å². The van der Waals surface area contributed by atoms with Crippen molar-refractivity contribution in [3.8, 4) is 0 Å². The summed E-state index contributed by atoms with van der Waals surface area (Å²) in [7, 11) is 2.15. The van der Waals surface area contributed by atoms with Crippen molar-refractivity contribution in [2.75, 3.05) is 19.5 Å². The second-order valence-electron chi connectivity index (χ2n) is 3.16. The van der Waals surface area contributed by atoms with E-state index in [0.29, 0.717) is 0 Å². The molecule has 0 fully saturated rings. The first-order chi connectivity index (χ1) is 7.80.